The van der Waals surface area contributed by atoms with E-state index in [1.165, 1.54) is 32.4 Å². The topological polar surface area (TPSA) is 105 Å². The molecule has 0 bridgehead atoms. The molecule has 0 heterocycles. The molecule has 0 aromatic heterocycles. The minimum Gasteiger partial charge on any atom is -0.508 e. The van der Waals surface area contributed by atoms with Crippen LogP contribution in [0.25, 0.3) is 0 Å². The lowest BCUT2D eigenvalue weighted by Gasteiger charge is -2.24. The normalized spacial score (nSPS) is 11.7. The average Bonchev–Trinajstić information content (AvgIpc) is 2.82. The number of carbonyl (C=O) groups is 2. The third kappa shape index (κ3) is 5.26. The summed E-state index contributed by atoms with van der Waals surface area (Å²) in [6.45, 7) is 4.09. The van der Waals surface area contributed by atoms with E-state index < -0.39 is 18.0 Å². The summed E-state index contributed by atoms with van der Waals surface area (Å²) in [6, 6.07) is 15.9. The second-order valence-electron chi connectivity index (χ2n) is 7.89. The number of aromatic hydroxyl groups is 2. The van der Waals surface area contributed by atoms with Crippen LogP contribution in [0, 0.1) is 0 Å². The molecule has 3 aromatic rings. The Morgan fingerprint density at radius 2 is 1.36 bits per heavy atom. The highest BCUT2D eigenvalue weighted by Gasteiger charge is 2.23. The second kappa shape index (κ2) is 10.1. The minimum absolute atomic E-state index is 0.0293. The number of para-hydroxylation sites is 1. The lowest BCUT2D eigenvalue weighted by Crippen LogP contribution is -2.15. The molecule has 0 radical (unpaired) electrons. The van der Waals surface area contributed by atoms with Crippen molar-refractivity contribution in [3.05, 3.63) is 88.5 Å². The summed E-state index contributed by atoms with van der Waals surface area (Å²) in [7, 11) is 2.50. The van der Waals surface area contributed by atoms with Gasteiger partial charge in [-0.15, -0.1) is 0 Å². The summed E-state index contributed by atoms with van der Waals surface area (Å²) in [5.74, 6) is -0.956. The van der Waals surface area contributed by atoms with Gasteiger partial charge in [0, 0.05) is 16.8 Å². The van der Waals surface area contributed by atoms with Gasteiger partial charge in [-0.25, -0.2) is 9.59 Å². The Kier molecular flexibility index (Phi) is 7.23. The maximum absolute atomic E-state index is 12.2. The molecule has 3 rings (SSSR count). The molecule has 0 saturated heterocycles. The molecule has 0 amide bonds. The van der Waals surface area contributed by atoms with Crippen molar-refractivity contribution < 1.29 is 29.3 Å². The van der Waals surface area contributed by atoms with Gasteiger partial charge in [0.15, 0.2) is 0 Å². The predicted octanol–water partition coefficient (Wildman–Crippen LogP) is 5.00. The highest BCUT2D eigenvalue weighted by atomic mass is 16.5. The number of ether oxygens (including phenoxy) is 2. The van der Waals surface area contributed by atoms with Crippen LogP contribution in [0.5, 0.6) is 11.5 Å². The summed E-state index contributed by atoms with van der Waals surface area (Å²) >= 11 is 0. The maximum atomic E-state index is 12.2. The summed E-state index contributed by atoms with van der Waals surface area (Å²) in [6.07, 6.45) is 0. The lowest BCUT2D eigenvalue weighted by molar-refractivity contribution is 0.0599. The molecule has 3 aromatic carbocycles. The molecule has 7 heteroatoms. The Balaban J connectivity index is 2.18. The van der Waals surface area contributed by atoms with Gasteiger partial charge in [0.05, 0.1) is 31.4 Å². The molecule has 0 aliphatic rings. The number of phenolic OH excluding ortho intramolecular Hbond substituents is 2. The first-order valence-corrected chi connectivity index (χ1v) is 10.4. The molecule has 7 nitrogen and oxygen atoms in total. The smallest absolute Gasteiger partial charge is 0.337 e. The molecule has 1 unspecified atom stereocenters. The zero-order chi connectivity index (χ0) is 24.1. The summed E-state index contributed by atoms with van der Waals surface area (Å²) < 4.78 is 9.63. The van der Waals surface area contributed by atoms with E-state index in [2.05, 4.69) is 5.32 Å². The Morgan fingerprint density at radius 3 is 1.91 bits per heavy atom. The van der Waals surface area contributed by atoms with Gasteiger partial charge in [-0.3, -0.25) is 0 Å². The van der Waals surface area contributed by atoms with Crippen molar-refractivity contribution in [2.75, 3.05) is 19.5 Å². The predicted molar refractivity (Wildman–Crippen MR) is 125 cm³/mol. The van der Waals surface area contributed by atoms with Crippen molar-refractivity contribution in [3.63, 3.8) is 0 Å². The van der Waals surface area contributed by atoms with E-state index in [0.717, 1.165) is 5.56 Å². The molecule has 172 valence electrons. The highest BCUT2D eigenvalue weighted by Crippen LogP contribution is 2.38. The SMILES string of the molecule is COC(=O)c1cc(NC(c2ccccc2O)c2cc(C(C)C)ccc2O)cc(C(=O)OC)c1. The van der Waals surface area contributed by atoms with E-state index in [-0.39, 0.29) is 28.5 Å². The second-order valence-corrected chi connectivity index (χ2v) is 7.89. The number of esters is 2. The molecule has 0 aliphatic carbocycles. The number of rotatable bonds is 7. The number of hydrogen-bond acceptors (Lipinski definition) is 7. The fourth-order valence-corrected chi connectivity index (χ4v) is 3.57. The van der Waals surface area contributed by atoms with E-state index in [9.17, 15) is 19.8 Å². The van der Waals surface area contributed by atoms with Crippen LogP contribution in [-0.2, 0) is 9.47 Å². The van der Waals surface area contributed by atoms with Crippen LogP contribution < -0.4 is 5.32 Å². The van der Waals surface area contributed by atoms with Crippen LogP contribution in [-0.4, -0.2) is 36.4 Å². The van der Waals surface area contributed by atoms with Crippen molar-refractivity contribution in [1.82, 2.24) is 0 Å². The van der Waals surface area contributed by atoms with Crippen molar-refractivity contribution in [2.24, 2.45) is 0 Å². The van der Waals surface area contributed by atoms with E-state index in [4.69, 9.17) is 9.47 Å². The van der Waals surface area contributed by atoms with Crippen LogP contribution in [0.4, 0.5) is 5.69 Å². The molecule has 0 saturated carbocycles. The number of anilines is 1. The Labute approximate surface area is 192 Å². The van der Waals surface area contributed by atoms with E-state index in [1.807, 2.05) is 26.0 Å². The van der Waals surface area contributed by atoms with Gasteiger partial charge in [0.2, 0.25) is 0 Å². The van der Waals surface area contributed by atoms with Crippen LogP contribution in [0.2, 0.25) is 0 Å². The van der Waals surface area contributed by atoms with E-state index >= 15 is 0 Å². The summed E-state index contributed by atoms with van der Waals surface area (Å²) in [5.41, 5.74) is 2.75. The summed E-state index contributed by atoms with van der Waals surface area (Å²) in [4.78, 5) is 24.4. The Hall–Kier alpha value is -4.00. The first kappa shape index (κ1) is 23.7. The number of carbonyl (C=O) groups excluding carboxylic acids is 2. The monoisotopic (exact) mass is 449 g/mol. The number of hydrogen-bond donors (Lipinski definition) is 3. The van der Waals surface area contributed by atoms with Crippen LogP contribution in [0.15, 0.2) is 60.7 Å². The van der Waals surface area contributed by atoms with Gasteiger partial charge in [0.25, 0.3) is 0 Å². The van der Waals surface area contributed by atoms with Crippen LogP contribution >= 0.6 is 0 Å². The van der Waals surface area contributed by atoms with Gasteiger partial charge in [-0.1, -0.05) is 38.1 Å². The third-order valence-electron chi connectivity index (χ3n) is 5.36. The number of benzene rings is 3. The molecule has 0 aliphatic heterocycles. The zero-order valence-electron chi connectivity index (χ0n) is 19.0. The average molecular weight is 450 g/mol. The van der Waals surface area contributed by atoms with Crippen molar-refractivity contribution in [3.8, 4) is 11.5 Å². The minimum atomic E-state index is -0.691. The molecular weight excluding hydrogens is 422 g/mol. The number of methoxy groups -OCH3 is 2. The lowest BCUT2D eigenvalue weighted by atomic mass is 9.92. The van der Waals surface area contributed by atoms with Crippen molar-refractivity contribution in [2.45, 2.75) is 25.8 Å². The fourth-order valence-electron chi connectivity index (χ4n) is 3.57. The maximum Gasteiger partial charge on any atom is 0.337 e. The Morgan fingerprint density at radius 1 is 0.788 bits per heavy atom. The van der Waals surface area contributed by atoms with E-state index in [1.54, 1.807) is 30.3 Å². The molecule has 3 N–H and O–H groups in total. The number of phenols is 2. The van der Waals surface area contributed by atoms with Crippen molar-refractivity contribution >= 4 is 17.6 Å². The van der Waals surface area contributed by atoms with Gasteiger partial charge in [0.1, 0.15) is 11.5 Å². The van der Waals surface area contributed by atoms with Gasteiger partial charge >= 0.3 is 11.9 Å². The van der Waals surface area contributed by atoms with Crippen LogP contribution in [0.3, 0.4) is 0 Å². The van der Waals surface area contributed by atoms with E-state index in [0.29, 0.717) is 16.8 Å². The third-order valence-corrected chi connectivity index (χ3v) is 5.36. The first-order chi connectivity index (χ1) is 15.7. The molecule has 0 fully saturated rings. The zero-order valence-corrected chi connectivity index (χ0v) is 19.0. The van der Waals surface area contributed by atoms with Crippen LogP contribution in [0.1, 0.15) is 63.2 Å². The summed E-state index contributed by atoms with van der Waals surface area (Å²) in [5, 5.41) is 24.6. The number of nitrogens with one attached hydrogen (secondary N) is 1. The Bertz CT molecular complexity index is 1140. The van der Waals surface area contributed by atoms with Crippen molar-refractivity contribution in [1.29, 1.82) is 0 Å². The van der Waals surface area contributed by atoms with Gasteiger partial charge < -0.3 is 25.0 Å². The van der Waals surface area contributed by atoms with Gasteiger partial charge in [-0.2, -0.15) is 0 Å². The molecule has 0 spiro atoms. The largest absolute Gasteiger partial charge is 0.508 e. The standard InChI is InChI=1S/C26H27NO6/c1-15(2)16-9-10-23(29)21(14-16)24(20-7-5-6-8-22(20)28)27-19-12-17(25(30)32-3)11-18(13-19)26(31)33-4/h5-15,24,27-29H,1-4H3. The molecule has 1 atom stereocenters. The quantitative estimate of drug-likeness (QED) is 0.436. The first-order valence-electron chi connectivity index (χ1n) is 10.4. The molecule has 33 heavy (non-hydrogen) atoms. The molecular formula is C26H27NO6. The highest BCUT2D eigenvalue weighted by molar-refractivity contribution is 5.97. The fraction of sp³-hybridized carbons (Fsp3) is 0.231. The van der Waals surface area contributed by atoms with Gasteiger partial charge in [-0.05, 0) is 47.9 Å².